The van der Waals surface area contributed by atoms with Crippen LogP contribution in [0.4, 0.5) is 10.5 Å². The van der Waals surface area contributed by atoms with Crippen LogP contribution in [0.1, 0.15) is 12.0 Å². The van der Waals surface area contributed by atoms with Gasteiger partial charge in [0.1, 0.15) is 0 Å². The van der Waals surface area contributed by atoms with E-state index in [2.05, 4.69) is 11.9 Å². The van der Waals surface area contributed by atoms with E-state index in [1.807, 2.05) is 24.3 Å². The molecule has 0 radical (unpaired) electrons. The molecule has 1 aliphatic rings. The zero-order valence-corrected chi connectivity index (χ0v) is 11.2. The molecule has 0 aromatic heterocycles. The summed E-state index contributed by atoms with van der Waals surface area (Å²) in [6.45, 7) is 4.30. The molecule has 106 valence electrons. The zero-order valence-electron chi connectivity index (χ0n) is 11.2. The number of hydrogen-bond acceptors (Lipinski definition) is 2. The molecule has 0 saturated heterocycles. The first-order valence-corrected chi connectivity index (χ1v) is 6.60. The molecular formula is C15H18N2O3. The second-order valence-electron chi connectivity index (χ2n) is 4.79. The fourth-order valence-corrected chi connectivity index (χ4v) is 2.33. The summed E-state index contributed by atoms with van der Waals surface area (Å²) in [5.41, 5.74) is 1.69. The van der Waals surface area contributed by atoms with Gasteiger partial charge in [0.15, 0.2) is 0 Å². The van der Waals surface area contributed by atoms with Crippen LogP contribution in [0.5, 0.6) is 0 Å². The summed E-state index contributed by atoms with van der Waals surface area (Å²) >= 11 is 0. The van der Waals surface area contributed by atoms with E-state index in [9.17, 15) is 14.7 Å². The maximum absolute atomic E-state index is 12.2. The number of amides is 2. The van der Waals surface area contributed by atoms with Crippen molar-refractivity contribution in [1.29, 1.82) is 0 Å². The van der Waals surface area contributed by atoms with Crippen LogP contribution in [0.25, 0.3) is 0 Å². The number of carbonyl (C=O) groups excluding carboxylic acids is 1. The number of aliphatic carboxylic acids is 1. The van der Waals surface area contributed by atoms with E-state index in [0.717, 1.165) is 11.3 Å². The summed E-state index contributed by atoms with van der Waals surface area (Å²) in [5, 5.41) is 12.0. The van der Waals surface area contributed by atoms with Crippen molar-refractivity contribution in [3.05, 3.63) is 42.5 Å². The van der Waals surface area contributed by atoms with E-state index in [1.54, 1.807) is 6.08 Å². The van der Waals surface area contributed by atoms with Crippen molar-refractivity contribution in [1.82, 2.24) is 5.32 Å². The number of urea groups is 1. The van der Waals surface area contributed by atoms with E-state index in [4.69, 9.17) is 0 Å². The minimum Gasteiger partial charge on any atom is -0.481 e. The van der Waals surface area contributed by atoms with Crippen molar-refractivity contribution >= 4 is 17.7 Å². The quantitative estimate of drug-likeness (QED) is 0.652. The first kappa shape index (κ1) is 14.1. The van der Waals surface area contributed by atoms with Crippen LogP contribution in [0, 0.1) is 5.92 Å². The number of nitrogens with one attached hydrogen (secondary N) is 1. The highest BCUT2D eigenvalue weighted by Crippen LogP contribution is 2.29. The Morgan fingerprint density at radius 2 is 2.20 bits per heavy atom. The molecule has 0 fully saturated rings. The van der Waals surface area contributed by atoms with Crippen LogP contribution in [0.15, 0.2) is 36.9 Å². The van der Waals surface area contributed by atoms with Crippen LogP contribution in [0.2, 0.25) is 0 Å². The van der Waals surface area contributed by atoms with Gasteiger partial charge in [-0.2, -0.15) is 0 Å². The fraction of sp³-hybridized carbons (Fsp3) is 0.333. The van der Waals surface area contributed by atoms with Gasteiger partial charge in [0.05, 0.1) is 5.92 Å². The minimum absolute atomic E-state index is 0.201. The lowest BCUT2D eigenvalue weighted by atomic mass is 9.93. The maximum Gasteiger partial charge on any atom is 0.321 e. The summed E-state index contributed by atoms with van der Waals surface area (Å²) < 4.78 is 0. The molecule has 5 heteroatoms. The van der Waals surface area contributed by atoms with Gasteiger partial charge in [-0.1, -0.05) is 24.3 Å². The number of carboxylic acid groups (broad SMARTS) is 1. The molecule has 0 saturated carbocycles. The Morgan fingerprint density at radius 3 is 2.90 bits per heavy atom. The summed E-state index contributed by atoms with van der Waals surface area (Å²) in [6.07, 6.45) is 2.87. The minimum atomic E-state index is -0.872. The van der Waals surface area contributed by atoms with Crippen molar-refractivity contribution in [2.75, 3.05) is 18.0 Å². The molecule has 0 bridgehead atoms. The number of benzene rings is 1. The van der Waals surface area contributed by atoms with Crippen LogP contribution in [-0.4, -0.2) is 30.2 Å². The van der Waals surface area contributed by atoms with E-state index in [0.29, 0.717) is 19.4 Å². The third-order valence-corrected chi connectivity index (χ3v) is 3.37. The first-order valence-electron chi connectivity index (χ1n) is 6.60. The average molecular weight is 274 g/mol. The smallest absolute Gasteiger partial charge is 0.321 e. The zero-order chi connectivity index (χ0) is 14.5. The van der Waals surface area contributed by atoms with Gasteiger partial charge in [-0.15, -0.1) is 6.58 Å². The molecule has 0 aliphatic carbocycles. The van der Waals surface area contributed by atoms with Crippen molar-refractivity contribution in [2.24, 2.45) is 5.92 Å². The highest BCUT2D eigenvalue weighted by molar-refractivity contribution is 5.94. The third kappa shape index (κ3) is 2.99. The Bertz CT molecular complexity index is 528. The fourth-order valence-electron chi connectivity index (χ4n) is 2.33. The number of para-hydroxylation sites is 1. The molecule has 1 atom stereocenters. The Kier molecular flexibility index (Phi) is 4.40. The second kappa shape index (κ2) is 6.23. The summed E-state index contributed by atoms with van der Waals surface area (Å²) in [5.74, 6) is -1.43. The van der Waals surface area contributed by atoms with Gasteiger partial charge in [-0.05, 0) is 24.5 Å². The van der Waals surface area contributed by atoms with Gasteiger partial charge in [0, 0.05) is 18.8 Å². The molecule has 1 heterocycles. The summed E-state index contributed by atoms with van der Waals surface area (Å²) in [7, 11) is 0. The molecule has 1 aliphatic heterocycles. The van der Waals surface area contributed by atoms with Crippen LogP contribution < -0.4 is 10.2 Å². The van der Waals surface area contributed by atoms with E-state index < -0.39 is 11.9 Å². The lowest BCUT2D eigenvalue weighted by molar-refractivity contribution is -0.141. The molecule has 2 N–H and O–H groups in total. The number of hydrogen-bond donors (Lipinski definition) is 2. The molecule has 1 aromatic carbocycles. The molecule has 0 spiro atoms. The van der Waals surface area contributed by atoms with Crippen LogP contribution in [-0.2, 0) is 11.2 Å². The molecule has 5 nitrogen and oxygen atoms in total. The molecule has 2 amide bonds. The largest absolute Gasteiger partial charge is 0.481 e. The Balaban J connectivity index is 2.20. The van der Waals surface area contributed by atoms with Crippen LogP contribution in [0.3, 0.4) is 0 Å². The summed E-state index contributed by atoms with van der Waals surface area (Å²) in [6, 6.07) is 7.17. The normalized spacial score (nSPS) is 17.2. The molecule has 1 unspecified atom stereocenters. The van der Waals surface area contributed by atoms with Gasteiger partial charge < -0.3 is 10.4 Å². The number of anilines is 1. The predicted octanol–water partition coefficient (Wildman–Crippen LogP) is 2.04. The third-order valence-electron chi connectivity index (χ3n) is 3.37. The van der Waals surface area contributed by atoms with Crippen molar-refractivity contribution < 1.29 is 14.7 Å². The number of fused-ring (bicyclic) bond motifs is 1. The predicted molar refractivity (Wildman–Crippen MR) is 76.8 cm³/mol. The molecular weight excluding hydrogens is 256 g/mol. The molecule has 2 rings (SSSR count). The topological polar surface area (TPSA) is 69.6 Å². The van der Waals surface area contributed by atoms with Gasteiger partial charge >= 0.3 is 12.0 Å². The van der Waals surface area contributed by atoms with Crippen molar-refractivity contribution in [3.63, 3.8) is 0 Å². The first-order chi connectivity index (χ1) is 9.63. The number of carboxylic acids is 1. The Labute approximate surface area is 117 Å². The van der Waals surface area contributed by atoms with E-state index in [1.165, 1.54) is 4.90 Å². The SMILES string of the molecule is C=CCCNC(=O)N1CC(C(=O)O)Cc2ccccc21. The Morgan fingerprint density at radius 1 is 1.45 bits per heavy atom. The standard InChI is InChI=1S/C15H18N2O3/c1-2-3-8-16-15(20)17-10-12(14(18)19)9-11-6-4-5-7-13(11)17/h2,4-7,12H,1,3,8-10H2,(H,16,20)(H,18,19). The van der Waals surface area contributed by atoms with Gasteiger partial charge in [0.2, 0.25) is 0 Å². The lowest BCUT2D eigenvalue weighted by Crippen LogP contribution is -2.47. The van der Waals surface area contributed by atoms with Gasteiger partial charge in [0.25, 0.3) is 0 Å². The average Bonchev–Trinajstić information content (AvgIpc) is 2.46. The second-order valence-corrected chi connectivity index (χ2v) is 4.79. The monoisotopic (exact) mass is 274 g/mol. The molecule has 20 heavy (non-hydrogen) atoms. The van der Waals surface area contributed by atoms with Crippen molar-refractivity contribution in [2.45, 2.75) is 12.8 Å². The van der Waals surface area contributed by atoms with Crippen LogP contribution >= 0.6 is 0 Å². The van der Waals surface area contributed by atoms with Gasteiger partial charge in [-0.25, -0.2) is 4.79 Å². The number of carbonyl (C=O) groups is 2. The highest BCUT2D eigenvalue weighted by Gasteiger charge is 2.31. The summed E-state index contributed by atoms with van der Waals surface area (Å²) in [4.78, 5) is 24.9. The van der Waals surface area contributed by atoms with E-state index >= 15 is 0 Å². The Hall–Kier alpha value is -2.30. The van der Waals surface area contributed by atoms with Gasteiger partial charge in [-0.3, -0.25) is 9.69 Å². The van der Waals surface area contributed by atoms with Crippen molar-refractivity contribution in [3.8, 4) is 0 Å². The molecule has 1 aromatic rings. The highest BCUT2D eigenvalue weighted by atomic mass is 16.4. The van der Waals surface area contributed by atoms with E-state index in [-0.39, 0.29) is 12.6 Å². The lowest BCUT2D eigenvalue weighted by Gasteiger charge is -2.32. The maximum atomic E-state index is 12.2. The number of nitrogens with zero attached hydrogens (tertiary/aromatic N) is 1. The number of rotatable bonds is 4.